The maximum Gasteiger partial charge on any atom is 0.146 e. The topological polar surface area (TPSA) is 54.2 Å². The van der Waals surface area contributed by atoms with Crippen molar-refractivity contribution in [1.82, 2.24) is 19.7 Å². The second kappa shape index (κ2) is 3.90. The first kappa shape index (κ1) is 10.6. The first-order chi connectivity index (χ1) is 7.07. The lowest BCUT2D eigenvalue weighted by molar-refractivity contribution is -0.0191. The van der Waals surface area contributed by atoms with Crippen LogP contribution in [-0.4, -0.2) is 43.5 Å². The lowest BCUT2D eigenvalue weighted by atomic mass is 9.95. The van der Waals surface area contributed by atoms with E-state index in [2.05, 4.69) is 15.1 Å². The number of likely N-dealkylation sites (tertiary alicyclic amines) is 1. The molecule has 15 heavy (non-hydrogen) atoms. The predicted octanol–water partition coefficient (Wildman–Crippen LogP) is 0.162. The quantitative estimate of drug-likeness (QED) is 0.755. The summed E-state index contributed by atoms with van der Waals surface area (Å²) in [5.41, 5.74) is -0.545. The van der Waals surface area contributed by atoms with E-state index in [1.54, 1.807) is 6.33 Å². The highest BCUT2D eigenvalue weighted by Gasteiger charge is 2.28. The Bertz CT molecular complexity index is 334. The molecule has 1 aliphatic rings. The van der Waals surface area contributed by atoms with E-state index in [-0.39, 0.29) is 0 Å². The minimum atomic E-state index is -0.545. The van der Waals surface area contributed by atoms with Crippen LogP contribution in [0.5, 0.6) is 0 Å². The number of rotatable bonds is 2. The molecule has 5 heteroatoms. The lowest BCUT2D eigenvalue weighted by Crippen LogP contribution is -2.45. The minimum absolute atomic E-state index is 0.545. The van der Waals surface area contributed by atoms with Gasteiger partial charge in [0.05, 0.1) is 12.1 Å². The van der Waals surface area contributed by atoms with Crippen LogP contribution in [0, 0.1) is 0 Å². The van der Waals surface area contributed by atoms with Gasteiger partial charge in [-0.1, -0.05) is 0 Å². The zero-order valence-electron chi connectivity index (χ0n) is 9.35. The van der Waals surface area contributed by atoms with E-state index in [0.717, 1.165) is 38.3 Å². The Balaban J connectivity index is 1.98. The molecule has 0 aliphatic carbocycles. The number of hydrogen-bond donors (Lipinski definition) is 1. The highest BCUT2D eigenvalue weighted by Crippen LogP contribution is 2.21. The third kappa shape index (κ3) is 2.54. The molecule has 1 aromatic rings. The molecule has 2 heterocycles. The van der Waals surface area contributed by atoms with Gasteiger partial charge >= 0.3 is 0 Å². The van der Waals surface area contributed by atoms with Crippen molar-refractivity contribution in [1.29, 1.82) is 0 Å². The Morgan fingerprint density at radius 1 is 1.60 bits per heavy atom. The molecule has 1 N–H and O–H groups in total. The molecular weight excluding hydrogens is 192 g/mol. The zero-order chi connectivity index (χ0) is 10.9. The number of aromatic nitrogens is 3. The number of nitrogens with zero attached hydrogens (tertiary/aromatic N) is 4. The van der Waals surface area contributed by atoms with Gasteiger partial charge in [-0.25, -0.2) is 0 Å². The van der Waals surface area contributed by atoms with E-state index >= 15 is 0 Å². The number of aryl methyl sites for hydroxylation is 1. The molecule has 84 valence electrons. The molecule has 0 bridgehead atoms. The maximum atomic E-state index is 9.96. The second-order valence-electron chi connectivity index (χ2n) is 4.67. The summed E-state index contributed by atoms with van der Waals surface area (Å²) in [6, 6.07) is 0. The van der Waals surface area contributed by atoms with E-state index in [9.17, 15) is 5.11 Å². The fraction of sp³-hybridized carbons (Fsp3) is 0.800. The fourth-order valence-electron chi connectivity index (χ4n) is 2.11. The van der Waals surface area contributed by atoms with Crippen LogP contribution in [0.4, 0.5) is 0 Å². The van der Waals surface area contributed by atoms with Gasteiger partial charge in [0.2, 0.25) is 0 Å². The molecule has 1 fully saturated rings. The third-order valence-corrected chi connectivity index (χ3v) is 2.92. The number of aliphatic hydroxyl groups is 1. The molecular formula is C10H18N4O. The van der Waals surface area contributed by atoms with Crippen LogP contribution < -0.4 is 0 Å². The summed E-state index contributed by atoms with van der Waals surface area (Å²) in [4.78, 5) is 2.23. The van der Waals surface area contributed by atoms with Crippen molar-refractivity contribution in [3.8, 4) is 0 Å². The Hall–Kier alpha value is -0.940. The number of β-amino-alcohol motifs (C(OH)–C–C–N with tert-alkyl or cyclic N) is 1. The predicted molar refractivity (Wildman–Crippen MR) is 56.1 cm³/mol. The molecule has 1 saturated heterocycles. The van der Waals surface area contributed by atoms with Crippen LogP contribution in [-0.2, 0) is 13.6 Å². The van der Waals surface area contributed by atoms with E-state index in [4.69, 9.17) is 0 Å². The Kier molecular flexibility index (Phi) is 2.75. The van der Waals surface area contributed by atoms with Crippen LogP contribution in [0.15, 0.2) is 6.33 Å². The van der Waals surface area contributed by atoms with Crippen molar-refractivity contribution in [2.75, 3.05) is 13.1 Å². The Morgan fingerprint density at radius 2 is 2.40 bits per heavy atom. The van der Waals surface area contributed by atoms with E-state index < -0.39 is 5.60 Å². The summed E-state index contributed by atoms with van der Waals surface area (Å²) in [5, 5.41) is 17.9. The number of piperidine rings is 1. The molecule has 1 aromatic heterocycles. The van der Waals surface area contributed by atoms with Crippen LogP contribution in [0.25, 0.3) is 0 Å². The molecule has 2 rings (SSSR count). The first-order valence-corrected chi connectivity index (χ1v) is 5.34. The van der Waals surface area contributed by atoms with Crippen LogP contribution in [0.2, 0.25) is 0 Å². The Morgan fingerprint density at radius 3 is 3.00 bits per heavy atom. The minimum Gasteiger partial charge on any atom is -0.389 e. The van der Waals surface area contributed by atoms with Crippen molar-refractivity contribution >= 4 is 0 Å². The molecule has 1 atom stereocenters. The van der Waals surface area contributed by atoms with E-state index in [0.29, 0.717) is 0 Å². The van der Waals surface area contributed by atoms with Gasteiger partial charge in [0.15, 0.2) is 0 Å². The smallest absolute Gasteiger partial charge is 0.146 e. The van der Waals surface area contributed by atoms with Gasteiger partial charge in [-0.05, 0) is 26.3 Å². The first-order valence-electron chi connectivity index (χ1n) is 5.34. The SMILES string of the molecule is Cn1cnnc1CN1CCCC(C)(O)C1. The van der Waals surface area contributed by atoms with E-state index in [1.165, 1.54) is 0 Å². The molecule has 5 nitrogen and oxygen atoms in total. The largest absolute Gasteiger partial charge is 0.389 e. The molecule has 0 spiro atoms. The van der Waals surface area contributed by atoms with Gasteiger partial charge in [-0.15, -0.1) is 10.2 Å². The average molecular weight is 210 g/mol. The van der Waals surface area contributed by atoms with Crippen molar-refractivity contribution < 1.29 is 5.11 Å². The van der Waals surface area contributed by atoms with Gasteiger partial charge in [0.25, 0.3) is 0 Å². The average Bonchev–Trinajstić information content (AvgIpc) is 2.50. The summed E-state index contributed by atoms with van der Waals surface area (Å²) >= 11 is 0. The van der Waals surface area contributed by atoms with Crippen LogP contribution in [0.3, 0.4) is 0 Å². The summed E-state index contributed by atoms with van der Waals surface area (Å²) in [6.07, 6.45) is 3.64. The summed E-state index contributed by atoms with van der Waals surface area (Å²) in [6.45, 7) is 4.42. The molecule has 0 amide bonds. The molecule has 1 aliphatic heterocycles. The fourth-order valence-corrected chi connectivity index (χ4v) is 2.11. The summed E-state index contributed by atoms with van der Waals surface area (Å²) in [7, 11) is 1.94. The van der Waals surface area contributed by atoms with E-state index in [1.807, 2.05) is 18.5 Å². The molecule has 1 unspecified atom stereocenters. The monoisotopic (exact) mass is 210 g/mol. The van der Waals surface area contributed by atoms with Gasteiger partial charge in [0, 0.05) is 13.6 Å². The standard InChI is InChI=1S/C10H18N4O/c1-10(15)4-3-5-14(7-10)6-9-12-11-8-13(9)2/h8,15H,3-7H2,1-2H3. The van der Waals surface area contributed by atoms with Crippen molar-refractivity contribution in [3.05, 3.63) is 12.2 Å². The van der Waals surface area contributed by atoms with Crippen molar-refractivity contribution in [2.45, 2.75) is 31.9 Å². The van der Waals surface area contributed by atoms with Crippen molar-refractivity contribution in [3.63, 3.8) is 0 Å². The number of hydrogen-bond acceptors (Lipinski definition) is 4. The van der Waals surface area contributed by atoms with Gasteiger partial charge in [-0.3, -0.25) is 4.90 Å². The normalized spacial score (nSPS) is 28.2. The van der Waals surface area contributed by atoms with Gasteiger partial charge in [-0.2, -0.15) is 0 Å². The molecule has 0 saturated carbocycles. The summed E-state index contributed by atoms with van der Waals surface area (Å²) < 4.78 is 1.92. The zero-order valence-corrected chi connectivity index (χ0v) is 9.35. The highest BCUT2D eigenvalue weighted by atomic mass is 16.3. The van der Waals surface area contributed by atoms with Crippen molar-refractivity contribution in [2.24, 2.45) is 7.05 Å². The second-order valence-corrected chi connectivity index (χ2v) is 4.67. The van der Waals surface area contributed by atoms with Crippen LogP contribution in [0.1, 0.15) is 25.6 Å². The Labute approximate surface area is 89.7 Å². The summed E-state index contributed by atoms with van der Waals surface area (Å²) in [5.74, 6) is 0.952. The molecule has 0 aromatic carbocycles. The molecule has 0 radical (unpaired) electrons. The van der Waals surface area contributed by atoms with Gasteiger partial charge < -0.3 is 9.67 Å². The third-order valence-electron chi connectivity index (χ3n) is 2.92. The lowest BCUT2D eigenvalue weighted by Gasteiger charge is -2.36. The van der Waals surface area contributed by atoms with Crippen LogP contribution >= 0.6 is 0 Å². The van der Waals surface area contributed by atoms with Gasteiger partial charge in [0.1, 0.15) is 12.2 Å². The maximum absolute atomic E-state index is 9.96. The highest BCUT2D eigenvalue weighted by molar-refractivity contribution is 4.89.